The zero-order chi connectivity index (χ0) is 8.55. The Labute approximate surface area is 76.8 Å². The fraction of sp³-hybridized carbons (Fsp3) is 0.200. The molecule has 0 saturated carbocycles. The molecule has 1 aromatic rings. The second-order valence-electron chi connectivity index (χ2n) is 2.94. The lowest BCUT2D eigenvalue weighted by Crippen LogP contribution is -2.08. The van der Waals surface area contributed by atoms with Crippen LogP contribution in [0.25, 0.3) is 6.08 Å². The van der Waals surface area contributed by atoms with Gasteiger partial charge in [0.2, 0.25) is 0 Å². The van der Waals surface area contributed by atoms with Gasteiger partial charge in [-0.25, -0.2) is 0 Å². The van der Waals surface area contributed by atoms with Crippen LogP contribution in [0.5, 0.6) is 0 Å². The lowest BCUT2D eigenvalue weighted by Gasteiger charge is -2.09. The van der Waals surface area contributed by atoms with E-state index in [1.807, 2.05) is 12.1 Å². The Hall–Kier alpha value is -0.790. The molecule has 0 spiro atoms. The van der Waals surface area contributed by atoms with Gasteiger partial charge in [-0.15, -0.1) is 0 Å². The van der Waals surface area contributed by atoms with Gasteiger partial charge in [-0.05, 0) is 17.2 Å². The molecule has 0 heterocycles. The summed E-state index contributed by atoms with van der Waals surface area (Å²) in [6.07, 6.45) is 4.19. The van der Waals surface area contributed by atoms with Crippen molar-refractivity contribution in [3.8, 4) is 0 Å². The molecule has 62 valence electrons. The third kappa shape index (κ3) is 1.06. The number of nitrogens with two attached hydrogens (primary N) is 1. The smallest absolute Gasteiger partial charge is 0.0450 e. The lowest BCUT2D eigenvalue weighted by molar-refractivity contribution is 0.864. The Morgan fingerprint density at radius 2 is 2.25 bits per heavy atom. The molecule has 2 N–H and O–H groups in total. The van der Waals surface area contributed by atoms with Gasteiger partial charge >= 0.3 is 0 Å². The molecule has 2 heteroatoms. The van der Waals surface area contributed by atoms with E-state index < -0.39 is 0 Å². The average molecular weight is 180 g/mol. The highest BCUT2D eigenvalue weighted by atomic mass is 35.5. The van der Waals surface area contributed by atoms with E-state index in [1.165, 1.54) is 11.1 Å². The van der Waals surface area contributed by atoms with Crippen molar-refractivity contribution < 1.29 is 0 Å². The van der Waals surface area contributed by atoms with Crippen molar-refractivity contribution in [2.24, 2.45) is 5.73 Å². The average Bonchev–Trinajstić information content (AvgIpc) is 2.49. The van der Waals surface area contributed by atoms with Gasteiger partial charge < -0.3 is 5.73 Å². The van der Waals surface area contributed by atoms with Crippen molar-refractivity contribution in [3.05, 3.63) is 40.4 Å². The van der Waals surface area contributed by atoms with E-state index in [1.54, 1.807) is 0 Å². The largest absolute Gasteiger partial charge is 0.330 e. The van der Waals surface area contributed by atoms with Crippen LogP contribution in [0.2, 0.25) is 5.02 Å². The first kappa shape index (κ1) is 7.84. The van der Waals surface area contributed by atoms with Crippen molar-refractivity contribution >= 4 is 17.7 Å². The molecular weight excluding hydrogens is 170 g/mol. The molecule has 0 amide bonds. The van der Waals surface area contributed by atoms with E-state index in [-0.39, 0.29) is 0 Å². The maximum atomic E-state index is 6.05. The number of rotatable bonds is 1. The fourth-order valence-corrected chi connectivity index (χ4v) is 1.92. The minimum atomic E-state index is 0.314. The Bertz CT molecular complexity index is 331. The first-order valence-corrected chi connectivity index (χ1v) is 4.37. The SMILES string of the molecule is NCC1C=Cc2cccc(Cl)c21. The van der Waals surface area contributed by atoms with Crippen LogP contribution >= 0.6 is 11.6 Å². The summed E-state index contributed by atoms with van der Waals surface area (Å²) < 4.78 is 0. The summed E-state index contributed by atoms with van der Waals surface area (Å²) in [4.78, 5) is 0. The fourth-order valence-electron chi connectivity index (χ4n) is 1.60. The van der Waals surface area contributed by atoms with Gasteiger partial charge in [0.25, 0.3) is 0 Å². The molecule has 0 fully saturated rings. The lowest BCUT2D eigenvalue weighted by atomic mass is 10.0. The first-order chi connectivity index (χ1) is 5.83. The molecule has 0 aliphatic heterocycles. The van der Waals surface area contributed by atoms with Crippen molar-refractivity contribution in [2.45, 2.75) is 5.92 Å². The minimum absolute atomic E-state index is 0.314. The van der Waals surface area contributed by atoms with Gasteiger partial charge in [-0.2, -0.15) is 0 Å². The summed E-state index contributed by atoms with van der Waals surface area (Å²) in [6, 6.07) is 5.94. The van der Waals surface area contributed by atoms with E-state index in [0.29, 0.717) is 12.5 Å². The first-order valence-electron chi connectivity index (χ1n) is 3.99. The topological polar surface area (TPSA) is 26.0 Å². The van der Waals surface area contributed by atoms with Crippen molar-refractivity contribution in [1.29, 1.82) is 0 Å². The molecule has 0 radical (unpaired) electrons. The predicted molar refractivity (Wildman–Crippen MR) is 52.3 cm³/mol. The van der Waals surface area contributed by atoms with Crippen LogP contribution in [0.15, 0.2) is 24.3 Å². The summed E-state index contributed by atoms with van der Waals surface area (Å²) in [6.45, 7) is 0.632. The quantitative estimate of drug-likeness (QED) is 0.704. The van der Waals surface area contributed by atoms with Crippen molar-refractivity contribution in [1.82, 2.24) is 0 Å². The molecule has 0 aromatic heterocycles. The van der Waals surface area contributed by atoms with Crippen LogP contribution in [0.1, 0.15) is 17.0 Å². The van der Waals surface area contributed by atoms with Crippen LogP contribution < -0.4 is 5.73 Å². The van der Waals surface area contributed by atoms with Gasteiger partial charge in [0.15, 0.2) is 0 Å². The Morgan fingerprint density at radius 1 is 1.42 bits per heavy atom. The van der Waals surface area contributed by atoms with Crippen molar-refractivity contribution in [2.75, 3.05) is 6.54 Å². The molecule has 1 aromatic carbocycles. The summed E-state index contributed by atoms with van der Waals surface area (Å²) >= 11 is 6.05. The van der Waals surface area contributed by atoms with Gasteiger partial charge in [0, 0.05) is 17.5 Å². The van der Waals surface area contributed by atoms with E-state index in [2.05, 4.69) is 18.2 Å². The van der Waals surface area contributed by atoms with Crippen LogP contribution in [0.4, 0.5) is 0 Å². The molecule has 0 saturated heterocycles. The van der Waals surface area contributed by atoms with Crippen LogP contribution in [0.3, 0.4) is 0 Å². The van der Waals surface area contributed by atoms with Gasteiger partial charge in [0.05, 0.1) is 0 Å². The second kappa shape index (κ2) is 2.92. The monoisotopic (exact) mass is 179 g/mol. The molecule has 1 nitrogen and oxygen atoms in total. The standard InChI is InChI=1S/C10H10ClN/c11-9-3-1-2-7-4-5-8(6-12)10(7)9/h1-5,8H,6,12H2. The molecular formula is C10H10ClN. The molecule has 1 atom stereocenters. The zero-order valence-electron chi connectivity index (χ0n) is 6.63. The molecule has 1 aliphatic rings. The van der Waals surface area contributed by atoms with E-state index in [0.717, 1.165) is 5.02 Å². The van der Waals surface area contributed by atoms with E-state index in [4.69, 9.17) is 17.3 Å². The van der Waals surface area contributed by atoms with Crippen LogP contribution in [-0.2, 0) is 0 Å². The second-order valence-corrected chi connectivity index (χ2v) is 3.35. The zero-order valence-corrected chi connectivity index (χ0v) is 7.38. The van der Waals surface area contributed by atoms with Gasteiger partial charge in [0.1, 0.15) is 0 Å². The maximum Gasteiger partial charge on any atom is 0.0450 e. The van der Waals surface area contributed by atoms with Crippen molar-refractivity contribution in [3.63, 3.8) is 0 Å². The normalized spacial score (nSPS) is 19.7. The highest BCUT2D eigenvalue weighted by Crippen LogP contribution is 2.34. The predicted octanol–water partition coefficient (Wildman–Crippen LogP) is 2.41. The number of hydrogen-bond acceptors (Lipinski definition) is 1. The van der Waals surface area contributed by atoms with Crippen LogP contribution in [-0.4, -0.2) is 6.54 Å². The summed E-state index contributed by atoms with van der Waals surface area (Å²) in [5, 5.41) is 0.827. The summed E-state index contributed by atoms with van der Waals surface area (Å²) in [5.41, 5.74) is 8.00. The minimum Gasteiger partial charge on any atom is -0.330 e. The van der Waals surface area contributed by atoms with Crippen LogP contribution in [0, 0.1) is 0 Å². The maximum absolute atomic E-state index is 6.05. The molecule has 2 rings (SSSR count). The number of halogens is 1. The number of fused-ring (bicyclic) bond motifs is 1. The number of benzene rings is 1. The highest BCUT2D eigenvalue weighted by molar-refractivity contribution is 6.31. The molecule has 1 unspecified atom stereocenters. The number of hydrogen-bond donors (Lipinski definition) is 1. The van der Waals surface area contributed by atoms with Gasteiger partial charge in [-0.3, -0.25) is 0 Å². The Balaban J connectivity index is 2.54. The Kier molecular flexibility index (Phi) is 1.91. The third-order valence-electron chi connectivity index (χ3n) is 2.22. The molecule has 0 bridgehead atoms. The molecule has 12 heavy (non-hydrogen) atoms. The molecule has 1 aliphatic carbocycles. The van der Waals surface area contributed by atoms with E-state index >= 15 is 0 Å². The third-order valence-corrected chi connectivity index (χ3v) is 2.55. The van der Waals surface area contributed by atoms with Gasteiger partial charge in [-0.1, -0.05) is 35.9 Å². The van der Waals surface area contributed by atoms with E-state index in [9.17, 15) is 0 Å². The Morgan fingerprint density at radius 3 is 3.00 bits per heavy atom. The summed E-state index contributed by atoms with van der Waals surface area (Å²) in [5.74, 6) is 0.314. The highest BCUT2D eigenvalue weighted by Gasteiger charge is 2.17. The summed E-state index contributed by atoms with van der Waals surface area (Å²) in [7, 11) is 0.